The molecule has 0 aliphatic carbocycles. The van der Waals surface area contributed by atoms with Gasteiger partial charge in [-0.25, -0.2) is 18.4 Å². The zero-order valence-corrected chi connectivity index (χ0v) is 18.5. The van der Waals surface area contributed by atoms with Crippen LogP contribution in [0.5, 0.6) is 0 Å². The van der Waals surface area contributed by atoms with Gasteiger partial charge in [0.15, 0.2) is 0 Å². The van der Waals surface area contributed by atoms with Crippen molar-refractivity contribution in [3.63, 3.8) is 0 Å². The van der Waals surface area contributed by atoms with Gasteiger partial charge in [-0.15, -0.1) is 0 Å². The molecule has 0 bridgehead atoms. The van der Waals surface area contributed by atoms with Crippen LogP contribution >= 0.6 is 0 Å². The van der Waals surface area contributed by atoms with E-state index in [0.717, 1.165) is 13.0 Å². The zero-order valence-electron chi connectivity index (χ0n) is 17.6. The zero-order chi connectivity index (χ0) is 21.7. The Morgan fingerprint density at radius 3 is 2.19 bits per heavy atom. The highest BCUT2D eigenvalue weighted by Gasteiger charge is 2.65. The molecule has 3 fully saturated rings. The molecule has 0 saturated carbocycles. The molecule has 2 aromatic rings. The molecule has 3 aliphatic heterocycles. The van der Waals surface area contributed by atoms with Gasteiger partial charge in [0.2, 0.25) is 21.9 Å². The van der Waals surface area contributed by atoms with E-state index in [1.807, 2.05) is 18.0 Å². The standard InChI is InChI=1S/C22H27N5O3S/c1-25-13-10-22(19(25)28)17-26(20-23-11-5-12-24-20)16-21(22)8-14-27(15-9-21)31(29,30)18-6-3-2-4-7-18/h2-7,11-12H,8-10,13-17H2,1H3. The van der Waals surface area contributed by atoms with E-state index in [4.69, 9.17) is 0 Å². The Morgan fingerprint density at radius 1 is 0.903 bits per heavy atom. The summed E-state index contributed by atoms with van der Waals surface area (Å²) in [6, 6.07) is 10.4. The number of carbonyl (C=O) groups is 1. The third-order valence-corrected chi connectivity index (χ3v) is 9.41. The second-order valence-electron chi connectivity index (χ2n) is 8.96. The maximum atomic E-state index is 13.4. The van der Waals surface area contributed by atoms with E-state index < -0.39 is 15.4 Å². The monoisotopic (exact) mass is 441 g/mol. The Labute approximate surface area is 182 Å². The number of rotatable bonds is 3. The van der Waals surface area contributed by atoms with E-state index >= 15 is 0 Å². The van der Waals surface area contributed by atoms with Crippen molar-refractivity contribution < 1.29 is 13.2 Å². The Balaban J connectivity index is 1.45. The van der Waals surface area contributed by atoms with Gasteiger partial charge in [-0.05, 0) is 37.5 Å². The van der Waals surface area contributed by atoms with E-state index in [9.17, 15) is 13.2 Å². The topological polar surface area (TPSA) is 86.7 Å². The van der Waals surface area contributed by atoms with Gasteiger partial charge >= 0.3 is 0 Å². The Morgan fingerprint density at radius 2 is 1.58 bits per heavy atom. The van der Waals surface area contributed by atoms with Crippen LogP contribution in [-0.4, -0.2) is 73.3 Å². The van der Waals surface area contributed by atoms with Gasteiger partial charge in [-0.3, -0.25) is 4.79 Å². The number of sulfonamides is 1. The molecule has 0 radical (unpaired) electrons. The van der Waals surface area contributed by atoms with Crippen LogP contribution in [0.3, 0.4) is 0 Å². The van der Waals surface area contributed by atoms with E-state index in [0.29, 0.717) is 49.9 Å². The number of anilines is 1. The smallest absolute Gasteiger partial charge is 0.243 e. The van der Waals surface area contributed by atoms with Crippen molar-refractivity contribution in [3.05, 3.63) is 48.8 Å². The summed E-state index contributed by atoms with van der Waals surface area (Å²) in [5.41, 5.74) is -0.791. The van der Waals surface area contributed by atoms with Crippen LogP contribution < -0.4 is 4.90 Å². The molecular weight excluding hydrogens is 414 g/mol. The van der Waals surface area contributed by atoms with Gasteiger partial charge in [0.05, 0.1) is 10.3 Å². The molecule has 4 heterocycles. The minimum atomic E-state index is -3.53. The van der Waals surface area contributed by atoms with E-state index in [-0.39, 0.29) is 11.3 Å². The lowest BCUT2D eigenvalue weighted by atomic mass is 9.60. The summed E-state index contributed by atoms with van der Waals surface area (Å²) in [5, 5.41) is 0. The van der Waals surface area contributed by atoms with Crippen LogP contribution in [-0.2, 0) is 14.8 Å². The van der Waals surface area contributed by atoms with Crippen molar-refractivity contribution in [2.75, 3.05) is 44.7 Å². The summed E-state index contributed by atoms with van der Waals surface area (Å²) in [4.78, 5) is 26.5. The van der Waals surface area contributed by atoms with Crippen molar-refractivity contribution in [3.8, 4) is 0 Å². The number of benzene rings is 1. The van der Waals surface area contributed by atoms with Crippen LogP contribution in [0.25, 0.3) is 0 Å². The van der Waals surface area contributed by atoms with Crippen LogP contribution in [0.1, 0.15) is 19.3 Å². The number of hydrogen-bond donors (Lipinski definition) is 0. The largest absolute Gasteiger partial charge is 0.345 e. The number of piperidine rings is 1. The molecule has 5 rings (SSSR count). The Kier molecular flexibility index (Phi) is 4.78. The Bertz CT molecular complexity index is 1070. The first kappa shape index (κ1) is 20.4. The second-order valence-corrected chi connectivity index (χ2v) is 10.9. The first-order chi connectivity index (χ1) is 14.9. The lowest BCUT2D eigenvalue weighted by Gasteiger charge is -2.46. The third kappa shape index (κ3) is 3.05. The van der Waals surface area contributed by atoms with Gasteiger partial charge in [0.25, 0.3) is 0 Å². The molecular formula is C22H27N5O3S. The molecule has 3 saturated heterocycles. The molecule has 1 amide bonds. The average Bonchev–Trinajstić information content (AvgIpc) is 3.28. The van der Waals surface area contributed by atoms with Crippen LogP contribution in [0.2, 0.25) is 0 Å². The van der Waals surface area contributed by atoms with E-state index in [1.165, 1.54) is 0 Å². The third-order valence-electron chi connectivity index (χ3n) is 7.50. The number of carbonyl (C=O) groups excluding carboxylic acids is 1. The summed E-state index contributed by atoms with van der Waals surface area (Å²) in [6.07, 6.45) is 5.54. The SMILES string of the molecule is CN1CCC2(CN(c3ncccn3)CC23CCN(S(=O)(=O)c2ccccc2)CC3)C1=O. The molecule has 1 atom stereocenters. The normalized spacial score (nSPS) is 26.3. The highest BCUT2D eigenvalue weighted by atomic mass is 32.2. The molecule has 1 aromatic heterocycles. The summed E-state index contributed by atoms with van der Waals surface area (Å²) < 4.78 is 27.8. The van der Waals surface area contributed by atoms with Crippen LogP contribution in [0.4, 0.5) is 5.95 Å². The molecule has 31 heavy (non-hydrogen) atoms. The lowest BCUT2D eigenvalue weighted by Crippen LogP contribution is -2.53. The van der Waals surface area contributed by atoms with Crippen molar-refractivity contribution in [1.82, 2.24) is 19.2 Å². The lowest BCUT2D eigenvalue weighted by molar-refractivity contribution is -0.140. The predicted molar refractivity (Wildman–Crippen MR) is 116 cm³/mol. The van der Waals surface area contributed by atoms with Gasteiger partial charge in [0, 0.05) is 57.6 Å². The quantitative estimate of drug-likeness (QED) is 0.719. The maximum absolute atomic E-state index is 13.4. The number of fused-ring (bicyclic) bond motifs is 1. The minimum Gasteiger partial charge on any atom is -0.345 e. The summed E-state index contributed by atoms with van der Waals surface area (Å²) in [5.74, 6) is 0.811. The van der Waals surface area contributed by atoms with Gasteiger partial charge in [0.1, 0.15) is 0 Å². The van der Waals surface area contributed by atoms with E-state index in [1.54, 1.807) is 47.0 Å². The molecule has 3 aliphatic rings. The van der Waals surface area contributed by atoms with Crippen LogP contribution in [0.15, 0.2) is 53.7 Å². The number of aromatic nitrogens is 2. The molecule has 1 aromatic carbocycles. The molecule has 164 valence electrons. The van der Waals surface area contributed by atoms with E-state index in [2.05, 4.69) is 14.9 Å². The molecule has 9 heteroatoms. The van der Waals surface area contributed by atoms with Crippen LogP contribution in [0, 0.1) is 10.8 Å². The van der Waals surface area contributed by atoms with Crippen molar-refractivity contribution >= 4 is 21.9 Å². The maximum Gasteiger partial charge on any atom is 0.243 e. The number of likely N-dealkylation sites (tertiary alicyclic amines) is 1. The molecule has 2 spiro atoms. The number of hydrogen-bond acceptors (Lipinski definition) is 6. The first-order valence-electron chi connectivity index (χ1n) is 10.7. The van der Waals surface area contributed by atoms with Crippen molar-refractivity contribution in [2.45, 2.75) is 24.2 Å². The fourth-order valence-corrected chi connectivity index (χ4v) is 7.23. The van der Waals surface area contributed by atoms with Gasteiger partial charge in [-0.2, -0.15) is 4.31 Å². The average molecular weight is 442 g/mol. The highest BCUT2D eigenvalue weighted by Crippen LogP contribution is 2.58. The fourth-order valence-electron chi connectivity index (χ4n) is 5.77. The first-order valence-corrected chi connectivity index (χ1v) is 12.1. The van der Waals surface area contributed by atoms with Gasteiger partial charge in [-0.1, -0.05) is 18.2 Å². The summed E-state index contributed by atoms with van der Waals surface area (Å²) in [7, 11) is -1.67. The Hall–Kier alpha value is -2.52. The second kappa shape index (κ2) is 7.27. The number of nitrogens with zero attached hydrogens (tertiary/aromatic N) is 5. The van der Waals surface area contributed by atoms with Crippen molar-refractivity contribution in [2.24, 2.45) is 10.8 Å². The van der Waals surface area contributed by atoms with Gasteiger partial charge < -0.3 is 9.80 Å². The molecule has 1 unspecified atom stereocenters. The van der Waals surface area contributed by atoms with Crippen molar-refractivity contribution in [1.29, 1.82) is 0 Å². The predicted octanol–water partition coefficient (Wildman–Crippen LogP) is 1.62. The molecule has 8 nitrogen and oxygen atoms in total. The summed E-state index contributed by atoms with van der Waals surface area (Å²) in [6.45, 7) is 2.83. The highest BCUT2D eigenvalue weighted by molar-refractivity contribution is 7.89. The minimum absolute atomic E-state index is 0.172. The fraction of sp³-hybridized carbons (Fsp3) is 0.500. The number of amides is 1. The molecule has 0 N–H and O–H groups in total. The summed E-state index contributed by atoms with van der Waals surface area (Å²) >= 11 is 0.